The SMILES string of the molecule is O=C(O)C(CCn1nnc2ccccc2c1=O)C(O)CCc1ccc(-c2ccccc2)cc1. The molecule has 4 rings (SSSR count). The molecule has 3 aromatic carbocycles. The van der Waals surface area contributed by atoms with Crippen LogP contribution in [0.25, 0.3) is 22.0 Å². The highest BCUT2D eigenvalue weighted by atomic mass is 16.4. The first-order chi connectivity index (χ1) is 16.0. The third kappa shape index (κ3) is 5.32. The lowest BCUT2D eigenvalue weighted by molar-refractivity contribution is -0.146. The molecule has 0 aliphatic carbocycles. The molecule has 33 heavy (non-hydrogen) atoms. The summed E-state index contributed by atoms with van der Waals surface area (Å²) in [4.78, 5) is 24.4. The summed E-state index contributed by atoms with van der Waals surface area (Å²) in [5, 5.41) is 28.6. The first-order valence-electron chi connectivity index (χ1n) is 10.9. The van der Waals surface area contributed by atoms with Gasteiger partial charge in [-0.05, 0) is 48.1 Å². The number of hydrogen-bond acceptors (Lipinski definition) is 5. The Balaban J connectivity index is 1.37. The van der Waals surface area contributed by atoms with Gasteiger partial charge in [-0.15, -0.1) is 5.10 Å². The van der Waals surface area contributed by atoms with E-state index in [4.69, 9.17) is 0 Å². The molecule has 0 spiro atoms. The van der Waals surface area contributed by atoms with Crippen LogP contribution in [-0.2, 0) is 17.8 Å². The van der Waals surface area contributed by atoms with Crippen LogP contribution in [0.5, 0.6) is 0 Å². The van der Waals surface area contributed by atoms with Crippen molar-refractivity contribution in [3.05, 3.63) is 94.8 Å². The molecule has 1 aromatic heterocycles. The Kier molecular flexibility index (Phi) is 6.90. The van der Waals surface area contributed by atoms with Crippen molar-refractivity contribution in [2.75, 3.05) is 0 Å². The van der Waals surface area contributed by atoms with Crippen molar-refractivity contribution in [2.45, 2.75) is 31.9 Å². The normalized spacial score (nSPS) is 13.0. The maximum atomic E-state index is 12.6. The molecule has 0 saturated carbocycles. The number of aliphatic hydroxyl groups excluding tert-OH is 1. The van der Waals surface area contributed by atoms with Crippen LogP contribution >= 0.6 is 0 Å². The van der Waals surface area contributed by atoms with Crippen LogP contribution in [0.15, 0.2) is 83.7 Å². The van der Waals surface area contributed by atoms with Gasteiger partial charge in [0.05, 0.1) is 17.4 Å². The van der Waals surface area contributed by atoms with Crippen molar-refractivity contribution in [1.29, 1.82) is 0 Å². The molecule has 168 valence electrons. The fraction of sp³-hybridized carbons (Fsp3) is 0.231. The first-order valence-corrected chi connectivity index (χ1v) is 10.9. The van der Waals surface area contributed by atoms with E-state index in [-0.39, 0.29) is 18.5 Å². The molecule has 0 saturated heterocycles. The van der Waals surface area contributed by atoms with Crippen LogP contribution in [0, 0.1) is 5.92 Å². The molecule has 2 atom stereocenters. The molecule has 4 aromatic rings. The first kappa shape index (κ1) is 22.4. The van der Waals surface area contributed by atoms with E-state index < -0.39 is 18.0 Å². The van der Waals surface area contributed by atoms with Gasteiger partial charge in [-0.1, -0.05) is 71.9 Å². The van der Waals surface area contributed by atoms with Gasteiger partial charge in [-0.2, -0.15) is 0 Å². The van der Waals surface area contributed by atoms with Crippen molar-refractivity contribution in [3.63, 3.8) is 0 Å². The number of rotatable bonds is 9. The minimum Gasteiger partial charge on any atom is -0.481 e. The molecule has 0 fully saturated rings. The highest BCUT2D eigenvalue weighted by Crippen LogP contribution is 2.21. The number of carboxylic acid groups (broad SMARTS) is 1. The number of carboxylic acids is 1. The zero-order valence-electron chi connectivity index (χ0n) is 18.0. The standard InChI is InChI=1S/C26H25N3O4/c30-24(15-12-18-10-13-20(14-11-18)19-6-2-1-3-7-19)22(26(32)33)16-17-29-25(31)21-8-4-5-9-23(21)27-28-29/h1-11,13-14,22,24,30H,12,15-17H2,(H,32,33). The van der Waals surface area contributed by atoms with Gasteiger partial charge >= 0.3 is 5.97 Å². The highest BCUT2D eigenvalue weighted by molar-refractivity contribution is 5.76. The molecule has 0 amide bonds. The Morgan fingerprint density at radius 3 is 2.27 bits per heavy atom. The van der Waals surface area contributed by atoms with Gasteiger partial charge in [0.1, 0.15) is 5.52 Å². The molecule has 1 heterocycles. The number of hydrogen-bond donors (Lipinski definition) is 2. The van der Waals surface area contributed by atoms with Crippen molar-refractivity contribution in [1.82, 2.24) is 15.0 Å². The van der Waals surface area contributed by atoms with Gasteiger partial charge in [-0.25, -0.2) is 4.68 Å². The summed E-state index contributed by atoms with van der Waals surface area (Å²) in [5.74, 6) is -2.10. The van der Waals surface area contributed by atoms with Crippen LogP contribution < -0.4 is 5.56 Å². The molecule has 2 N–H and O–H groups in total. The zero-order valence-corrected chi connectivity index (χ0v) is 18.0. The van der Waals surface area contributed by atoms with Crippen LogP contribution in [0.1, 0.15) is 18.4 Å². The molecule has 0 aliphatic rings. The monoisotopic (exact) mass is 443 g/mol. The molecule has 0 bridgehead atoms. The van der Waals surface area contributed by atoms with E-state index in [0.717, 1.165) is 21.4 Å². The summed E-state index contributed by atoms with van der Waals surface area (Å²) in [6, 6.07) is 25.0. The molecule has 0 aliphatic heterocycles. The van der Waals surface area contributed by atoms with E-state index in [1.807, 2.05) is 54.6 Å². The van der Waals surface area contributed by atoms with E-state index in [0.29, 0.717) is 23.7 Å². The number of nitrogens with zero attached hydrogens (tertiary/aromatic N) is 3. The van der Waals surface area contributed by atoms with Crippen molar-refractivity contribution < 1.29 is 15.0 Å². The number of benzene rings is 3. The third-order valence-electron chi connectivity index (χ3n) is 5.85. The average Bonchev–Trinajstić information content (AvgIpc) is 2.85. The quantitative estimate of drug-likeness (QED) is 0.410. The Morgan fingerprint density at radius 2 is 1.55 bits per heavy atom. The molecular weight excluding hydrogens is 418 g/mol. The van der Waals surface area contributed by atoms with E-state index in [9.17, 15) is 19.8 Å². The second kappa shape index (κ2) is 10.2. The van der Waals surface area contributed by atoms with Crippen LogP contribution in [0.4, 0.5) is 0 Å². The fourth-order valence-corrected chi connectivity index (χ4v) is 3.92. The van der Waals surface area contributed by atoms with Gasteiger partial charge < -0.3 is 10.2 Å². The maximum Gasteiger partial charge on any atom is 0.309 e. The molecule has 7 heteroatoms. The minimum absolute atomic E-state index is 0.0659. The molecular formula is C26H25N3O4. The lowest BCUT2D eigenvalue weighted by atomic mass is 9.93. The number of aliphatic carboxylic acids is 1. The van der Waals surface area contributed by atoms with Gasteiger partial charge in [0.2, 0.25) is 0 Å². The van der Waals surface area contributed by atoms with Gasteiger partial charge in [0.15, 0.2) is 0 Å². The van der Waals surface area contributed by atoms with E-state index in [1.54, 1.807) is 24.3 Å². The molecule has 2 unspecified atom stereocenters. The van der Waals surface area contributed by atoms with E-state index in [1.165, 1.54) is 0 Å². The Morgan fingerprint density at radius 1 is 0.879 bits per heavy atom. The summed E-state index contributed by atoms with van der Waals surface area (Å²) in [6.45, 7) is 0.0659. The summed E-state index contributed by atoms with van der Waals surface area (Å²) >= 11 is 0. The third-order valence-corrected chi connectivity index (χ3v) is 5.85. The fourth-order valence-electron chi connectivity index (χ4n) is 3.92. The Hall–Kier alpha value is -3.84. The molecule has 7 nitrogen and oxygen atoms in total. The minimum atomic E-state index is -1.09. The summed E-state index contributed by atoms with van der Waals surface area (Å²) in [7, 11) is 0. The maximum absolute atomic E-state index is 12.6. The van der Waals surface area contributed by atoms with Gasteiger partial charge in [0, 0.05) is 6.54 Å². The number of carbonyl (C=O) groups is 1. The number of fused-ring (bicyclic) bond motifs is 1. The van der Waals surface area contributed by atoms with Crippen LogP contribution in [0.3, 0.4) is 0 Å². The highest BCUT2D eigenvalue weighted by Gasteiger charge is 2.26. The average molecular weight is 444 g/mol. The second-order valence-corrected chi connectivity index (χ2v) is 8.04. The van der Waals surface area contributed by atoms with E-state index in [2.05, 4.69) is 10.3 Å². The zero-order chi connectivity index (χ0) is 23.2. The Bertz CT molecular complexity index is 1290. The predicted octanol–water partition coefficient (Wildman–Crippen LogP) is 3.54. The van der Waals surface area contributed by atoms with Crippen LogP contribution in [-0.4, -0.2) is 37.3 Å². The predicted molar refractivity (Wildman–Crippen MR) is 126 cm³/mol. The van der Waals surface area contributed by atoms with Crippen molar-refractivity contribution in [3.8, 4) is 11.1 Å². The topological polar surface area (TPSA) is 105 Å². The van der Waals surface area contributed by atoms with Crippen molar-refractivity contribution >= 4 is 16.9 Å². The number of aryl methyl sites for hydroxylation is 2. The van der Waals surface area contributed by atoms with Gasteiger partial charge in [-0.3, -0.25) is 9.59 Å². The summed E-state index contributed by atoms with van der Waals surface area (Å²) in [5.41, 5.74) is 3.42. The van der Waals surface area contributed by atoms with Crippen molar-refractivity contribution in [2.24, 2.45) is 5.92 Å². The van der Waals surface area contributed by atoms with E-state index >= 15 is 0 Å². The smallest absolute Gasteiger partial charge is 0.309 e. The number of aromatic nitrogens is 3. The summed E-state index contributed by atoms with van der Waals surface area (Å²) < 4.78 is 1.16. The summed E-state index contributed by atoms with van der Waals surface area (Å²) in [6.07, 6.45) is -0.105. The largest absolute Gasteiger partial charge is 0.481 e. The van der Waals surface area contributed by atoms with Crippen LogP contribution in [0.2, 0.25) is 0 Å². The lowest BCUT2D eigenvalue weighted by Crippen LogP contribution is -2.32. The lowest BCUT2D eigenvalue weighted by Gasteiger charge is -2.19. The van der Waals surface area contributed by atoms with Gasteiger partial charge in [0.25, 0.3) is 5.56 Å². The second-order valence-electron chi connectivity index (χ2n) is 8.04. The molecule has 0 radical (unpaired) electrons. The number of aliphatic hydroxyl groups is 1. The Labute approximate surface area is 190 Å².